The van der Waals surface area contributed by atoms with Crippen LogP contribution < -0.4 is 10.3 Å². The first-order valence-electron chi connectivity index (χ1n) is 12.0. The van der Waals surface area contributed by atoms with E-state index in [4.69, 9.17) is 37.3 Å². The van der Waals surface area contributed by atoms with Crippen molar-refractivity contribution in [2.75, 3.05) is 0 Å². The summed E-state index contributed by atoms with van der Waals surface area (Å²) in [5.74, 6) is 1.15. The number of nitrogens with zero attached hydrogens (tertiary/aromatic N) is 3. The van der Waals surface area contributed by atoms with E-state index in [1.54, 1.807) is 36.4 Å². The van der Waals surface area contributed by atoms with Gasteiger partial charge < -0.3 is 9.15 Å². The molecule has 0 fully saturated rings. The lowest BCUT2D eigenvalue weighted by Gasteiger charge is -2.13. The van der Waals surface area contributed by atoms with Gasteiger partial charge in [-0.3, -0.25) is 4.79 Å². The van der Waals surface area contributed by atoms with Gasteiger partial charge in [-0.25, -0.2) is 4.98 Å². The summed E-state index contributed by atoms with van der Waals surface area (Å²) in [6, 6.07) is 25.5. The Morgan fingerprint density at radius 2 is 1.77 bits per heavy atom. The van der Waals surface area contributed by atoms with E-state index in [0.29, 0.717) is 48.1 Å². The van der Waals surface area contributed by atoms with Gasteiger partial charge in [0.25, 0.3) is 5.56 Å². The van der Waals surface area contributed by atoms with Crippen LogP contribution in [0.5, 0.6) is 5.75 Å². The predicted molar refractivity (Wildman–Crippen MR) is 167 cm³/mol. The Kier molecular flexibility index (Phi) is 7.51. The third-order valence-corrected chi connectivity index (χ3v) is 7.80. The average molecular weight is 698 g/mol. The summed E-state index contributed by atoms with van der Waals surface area (Å²) in [6.45, 7) is 0.220. The Hall–Kier alpha value is -3.43. The van der Waals surface area contributed by atoms with E-state index in [-0.39, 0.29) is 18.0 Å². The second kappa shape index (κ2) is 11.2. The average Bonchev–Trinajstić information content (AvgIpc) is 3.36. The van der Waals surface area contributed by atoms with Crippen molar-refractivity contribution in [1.82, 2.24) is 9.66 Å². The molecule has 0 aliphatic carbocycles. The summed E-state index contributed by atoms with van der Waals surface area (Å²) < 4.78 is 15.0. The summed E-state index contributed by atoms with van der Waals surface area (Å²) in [4.78, 5) is 18.4. The lowest BCUT2D eigenvalue weighted by Crippen LogP contribution is -2.20. The van der Waals surface area contributed by atoms with Crippen LogP contribution in [0.25, 0.3) is 33.5 Å². The predicted octanol–water partition coefficient (Wildman–Crippen LogP) is 9.10. The van der Waals surface area contributed by atoms with Gasteiger partial charge in [-0.2, -0.15) is 9.78 Å². The van der Waals surface area contributed by atoms with Gasteiger partial charge in [-0.1, -0.05) is 69.5 Å². The van der Waals surface area contributed by atoms with E-state index < -0.39 is 0 Å². The first-order chi connectivity index (χ1) is 19.4. The van der Waals surface area contributed by atoms with Crippen LogP contribution in [-0.2, 0) is 6.61 Å². The summed E-state index contributed by atoms with van der Waals surface area (Å²) in [6.07, 6.45) is 1.51. The minimum atomic E-state index is -0.349. The number of furan rings is 1. The van der Waals surface area contributed by atoms with E-state index in [1.165, 1.54) is 10.9 Å². The Morgan fingerprint density at radius 1 is 0.975 bits per heavy atom. The summed E-state index contributed by atoms with van der Waals surface area (Å²) in [5.41, 5.74) is 2.21. The molecular formula is C30H17Br2Cl2N3O3. The number of rotatable bonds is 6. The fourth-order valence-corrected chi connectivity index (χ4v) is 5.75. The minimum absolute atomic E-state index is 0.220. The Morgan fingerprint density at radius 3 is 2.62 bits per heavy atom. The summed E-state index contributed by atoms with van der Waals surface area (Å²) in [7, 11) is 0. The number of aromatic nitrogens is 2. The van der Waals surface area contributed by atoms with Crippen LogP contribution in [0.1, 0.15) is 11.1 Å². The molecule has 2 heterocycles. The number of hydrogen-bond acceptors (Lipinski definition) is 5. The molecule has 0 radical (unpaired) electrons. The molecule has 6 rings (SSSR count). The molecule has 2 aromatic heterocycles. The lowest BCUT2D eigenvalue weighted by molar-refractivity contribution is 0.304. The van der Waals surface area contributed by atoms with Gasteiger partial charge in [0.15, 0.2) is 5.76 Å². The maximum absolute atomic E-state index is 13.7. The van der Waals surface area contributed by atoms with Gasteiger partial charge in [0, 0.05) is 31.0 Å². The number of halogens is 4. The first kappa shape index (κ1) is 26.8. The molecule has 10 heteroatoms. The van der Waals surface area contributed by atoms with E-state index in [1.807, 2.05) is 48.5 Å². The van der Waals surface area contributed by atoms with Crippen LogP contribution in [0.2, 0.25) is 10.0 Å². The molecule has 0 spiro atoms. The van der Waals surface area contributed by atoms with E-state index >= 15 is 0 Å². The van der Waals surface area contributed by atoms with E-state index in [0.717, 1.165) is 15.4 Å². The quantitative estimate of drug-likeness (QED) is 0.163. The van der Waals surface area contributed by atoms with Crippen LogP contribution in [0.4, 0.5) is 0 Å². The van der Waals surface area contributed by atoms with Crippen molar-refractivity contribution in [3.8, 4) is 17.3 Å². The summed E-state index contributed by atoms with van der Waals surface area (Å²) in [5, 5.41) is 6.91. The molecule has 40 heavy (non-hydrogen) atoms. The van der Waals surface area contributed by atoms with Crippen molar-refractivity contribution in [2.45, 2.75) is 6.61 Å². The zero-order chi connectivity index (χ0) is 27.8. The highest BCUT2D eigenvalue weighted by Crippen LogP contribution is 2.34. The maximum atomic E-state index is 13.7. The largest absolute Gasteiger partial charge is 0.487 e. The smallest absolute Gasteiger partial charge is 0.282 e. The second-order valence-corrected chi connectivity index (χ2v) is 11.4. The van der Waals surface area contributed by atoms with Crippen molar-refractivity contribution < 1.29 is 9.15 Å². The van der Waals surface area contributed by atoms with Gasteiger partial charge in [-0.15, -0.1) is 0 Å². The fraction of sp³-hybridized carbons (Fsp3) is 0.0333. The van der Waals surface area contributed by atoms with Gasteiger partial charge in [0.2, 0.25) is 5.82 Å². The highest BCUT2D eigenvalue weighted by atomic mass is 79.9. The Labute approximate surface area is 255 Å². The number of hydrogen-bond donors (Lipinski definition) is 0. The third kappa shape index (κ3) is 5.32. The summed E-state index contributed by atoms with van der Waals surface area (Å²) >= 11 is 19.7. The minimum Gasteiger partial charge on any atom is -0.487 e. The molecule has 198 valence electrons. The van der Waals surface area contributed by atoms with Crippen molar-refractivity contribution in [3.63, 3.8) is 0 Å². The fourth-order valence-electron chi connectivity index (χ4n) is 4.23. The number of fused-ring (bicyclic) bond motifs is 2. The standard InChI is InChI=1S/C30H17Br2Cl2N3O3/c31-20-9-10-26-18(11-20)13-27(40-26)29-36-25-8-4-2-6-22(25)30(38)37(29)35-15-19-12-21(33)14-23(32)28(19)39-16-17-5-1-3-7-24(17)34/h1-15H,16H2. The zero-order valence-corrected chi connectivity index (χ0v) is 25.1. The maximum Gasteiger partial charge on any atom is 0.282 e. The van der Waals surface area contributed by atoms with Gasteiger partial charge in [0.05, 0.1) is 21.6 Å². The molecule has 0 N–H and O–H groups in total. The van der Waals surface area contributed by atoms with Crippen LogP contribution in [-0.4, -0.2) is 15.9 Å². The van der Waals surface area contributed by atoms with Crippen molar-refractivity contribution in [2.24, 2.45) is 5.10 Å². The van der Waals surface area contributed by atoms with E-state index in [2.05, 4.69) is 37.0 Å². The molecule has 0 atom stereocenters. The highest BCUT2D eigenvalue weighted by Gasteiger charge is 2.17. The normalized spacial score (nSPS) is 11.6. The topological polar surface area (TPSA) is 69.6 Å². The zero-order valence-electron chi connectivity index (χ0n) is 20.4. The SMILES string of the molecule is O=c1c2ccccc2nc(-c2cc3cc(Br)ccc3o2)n1N=Cc1cc(Cl)cc(Br)c1OCc1ccccc1Cl. The molecule has 0 unspecified atom stereocenters. The van der Waals surface area contributed by atoms with Crippen molar-refractivity contribution >= 4 is 83.1 Å². The van der Waals surface area contributed by atoms with Gasteiger partial charge in [0.1, 0.15) is 17.9 Å². The molecule has 4 aromatic carbocycles. The molecule has 6 aromatic rings. The highest BCUT2D eigenvalue weighted by molar-refractivity contribution is 9.10. The van der Waals surface area contributed by atoms with Crippen LogP contribution in [0.3, 0.4) is 0 Å². The van der Waals surface area contributed by atoms with Crippen molar-refractivity contribution in [3.05, 3.63) is 125 Å². The third-order valence-electron chi connectivity index (χ3n) is 6.13. The lowest BCUT2D eigenvalue weighted by atomic mass is 10.2. The molecule has 0 saturated carbocycles. The van der Waals surface area contributed by atoms with E-state index in [9.17, 15) is 4.79 Å². The number of benzene rings is 4. The molecule has 0 aliphatic heterocycles. The molecule has 0 aliphatic rings. The van der Waals surface area contributed by atoms with Crippen molar-refractivity contribution in [1.29, 1.82) is 0 Å². The van der Waals surface area contributed by atoms with Crippen LogP contribution in [0.15, 0.2) is 108 Å². The Bertz CT molecular complexity index is 2000. The second-order valence-electron chi connectivity index (χ2n) is 8.79. The monoisotopic (exact) mass is 695 g/mol. The first-order valence-corrected chi connectivity index (χ1v) is 14.3. The molecule has 0 saturated heterocycles. The van der Waals surface area contributed by atoms with Crippen LogP contribution in [0, 0.1) is 0 Å². The van der Waals surface area contributed by atoms with Gasteiger partial charge in [-0.05, 0) is 70.5 Å². The van der Waals surface area contributed by atoms with Gasteiger partial charge >= 0.3 is 0 Å². The molecule has 0 bridgehead atoms. The molecular weight excluding hydrogens is 681 g/mol. The Balaban J connectivity index is 1.47. The molecule has 0 amide bonds. The molecule has 6 nitrogen and oxygen atoms in total. The number of ether oxygens (including phenoxy) is 1. The van der Waals surface area contributed by atoms with Crippen LogP contribution >= 0.6 is 55.1 Å². The number of para-hydroxylation sites is 1.